The highest BCUT2D eigenvalue weighted by molar-refractivity contribution is 4.92. The van der Waals surface area contributed by atoms with Crippen LogP contribution in [0.25, 0.3) is 0 Å². The van der Waals surface area contributed by atoms with Gasteiger partial charge in [0.05, 0.1) is 0 Å². The van der Waals surface area contributed by atoms with E-state index in [1.54, 1.807) is 0 Å². The molecule has 2 atom stereocenters. The van der Waals surface area contributed by atoms with Crippen molar-refractivity contribution in [1.29, 1.82) is 0 Å². The van der Waals surface area contributed by atoms with Crippen LogP contribution in [0.5, 0.6) is 0 Å². The van der Waals surface area contributed by atoms with Crippen LogP contribution in [0.15, 0.2) is 0 Å². The van der Waals surface area contributed by atoms with Crippen molar-refractivity contribution in [2.75, 3.05) is 26.2 Å². The summed E-state index contributed by atoms with van der Waals surface area (Å²) < 4.78 is 0. The third-order valence-electron chi connectivity index (χ3n) is 4.76. The van der Waals surface area contributed by atoms with Crippen molar-refractivity contribution < 1.29 is 0 Å². The van der Waals surface area contributed by atoms with Gasteiger partial charge in [-0.25, -0.2) is 0 Å². The molecule has 1 aliphatic carbocycles. The molecule has 2 nitrogen and oxygen atoms in total. The van der Waals surface area contributed by atoms with E-state index < -0.39 is 0 Å². The summed E-state index contributed by atoms with van der Waals surface area (Å²) in [5.74, 6) is 2.00. The summed E-state index contributed by atoms with van der Waals surface area (Å²) in [6.45, 7) is 5.32. The van der Waals surface area contributed by atoms with Crippen LogP contribution in [-0.2, 0) is 0 Å². The third kappa shape index (κ3) is 2.07. The zero-order valence-electron chi connectivity index (χ0n) is 9.75. The standard InChI is InChI=1S/C13H24N2/c1-2-5-11(4-1)10-15-7-3-6-12-8-14-9-13(12)15/h11-14H,1-10H2. The number of rotatable bonds is 2. The van der Waals surface area contributed by atoms with Gasteiger partial charge in [0.2, 0.25) is 0 Å². The molecule has 2 saturated heterocycles. The van der Waals surface area contributed by atoms with Gasteiger partial charge in [-0.2, -0.15) is 0 Å². The van der Waals surface area contributed by atoms with Crippen molar-refractivity contribution in [3.8, 4) is 0 Å². The van der Waals surface area contributed by atoms with Crippen molar-refractivity contribution >= 4 is 0 Å². The van der Waals surface area contributed by atoms with Crippen molar-refractivity contribution in [2.45, 2.75) is 44.6 Å². The first-order chi connectivity index (χ1) is 7.43. The lowest BCUT2D eigenvalue weighted by atomic mass is 9.91. The quantitative estimate of drug-likeness (QED) is 0.745. The molecule has 0 amide bonds. The Morgan fingerprint density at radius 2 is 1.87 bits per heavy atom. The van der Waals surface area contributed by atoms with Crippen LogP contribution in [0.4, 0.5) is 0 Å². The van der Waals surface area contributed by atoms with Crippen LogP contribution in [0, 0.1) is 11.8 Å². The van der Waals surface area contributed by atoms with Gasteiger partial charge in [-0.3, -0.25) is 4.90 Å². The lowest BCUT2D eigenvalue weighted by Crippen LogP contribution is -2.46. The van der Waals surface area contributed by atoms with Gasteiger partial charge in [0.15, 0.2) is 0 Å². The normalized spacial score (nSPS) is 38.4. The lowest BCUT2D eigenvalue weighted by molar-refractivity contribution is 0.106. The van der Waals surface area contributed by atoms with Crippen molar-refractivity contribution in [3.05, 3.63) is 0 Å². The number of nitrogens with one attached hydrogen (secondary N) is 1. The molecule has 3 rings (SSSR count). The van der Waals surface area contributed by atoms with Crippen molar-refractivity contribution in [2.24, 2.45) is 11.8 Å². The van der Waals surface area contributed by atoms with Crippen molar-refractivity contribution in [1.82, 2.24) is 10.2 Å². The molecule has 2 heterocycles. The topological polar surface area (TPSA) is 15.3 Å². The zero-order chi connectivity index (χ0) is 10.1. The largest absolute Gasteiger partial charge is 0.315 e. The Morgan fingerprint density at radius 3 is 2.73 bits per heavy atom. The number of fused-ring (bicyclic) bond motifs is 1. The average molecular weight is 208 g/mol. The second kappa shape index (κ2) is 4.42. The Bertz CT molecular complexity index is 211. The fourth-order valence-corrected chi connectivity index (χ4v) is 3.91. The van der Waals surface area contributed by atoms with E-state index in [2.05, 4.69) is 10.2 Å². The maximum Gasteiger partial charge on any atom is 0.0261 e. The molecule has 3 fully saturated rings. The number of piperidine rings is 1. The van der Waals surface area contributed by atoms with Crippen LogP contribution in [0.1, 0.15) is 38.5 Å². The van der Waals surface area contributed by atoms with E-state index >= 15 is 0 Å². The van der Waals surface area contributed by atoms with Gasteiger partial charge in [-0.1, -0.05) is 12.8 Å². The van der Waals surface area contributed by atoms with Gasteiger partial charge in [0.25, 0.3) is 0 Å². The van der Waals surface area contributed by atoms with E-state index in [1.807, 2.05) is 0 Å². The molecule has 2 heteroatoms. The number of nitrogens with zero attached hydrogens (tertiary/aromatic N) is 1. The summed E-state index contributed by atoms with van der Waals surface area (Å²) >= 11 is 0. The SMILES string of the molecule is C1CCC(CN2CCCC3CNCC32)C1. The monoisotopic (exact) mass is 208 g/mol. The highest BCUT2D eigenvalue weighted by Crippen LogP contribution is 2.31. The molecule has 3 aliphatic rings. The first-order valence-corrected chi connectivity index (χ1v) is 6.88. The van der Waals surface area contributed by atoms with E-state index in [1.165, 1.54) is 64.7 Å². The van der Waals surface area contributed by atoms with E-state index in [0.717, 1.165) is 17.9 Å². The summed E-state index contributed by atoms with van der Waals surface area (Å²) in [6.07, 6.45) is 8.90. The highest BCUT2D eigenvalue weighted by Gasteiger charge is 2.35. The summed E-state index contributed by atoms with van der Waals surface area (Å²) in [6, 6.07) is 0.888. The second-order valence-electron chi connectivity index (χ2n) is 5.77. The van der Waals surface area contributed by atoms with E-state index in [-0.39, 0.29) is 0 Å². The molecular weight excluding hydrogens is 184 g/mol. The van der Waals surface area contributed by atoms with E-state index in [0.29, 0.717) is 0 Å². The molecule has 0 aromatic heterocycles. The van der Waals surface area contributed by atoms with Gasteiger partial charge < -0.3 is 5.32 Å². The first kappa shape index (κ1) is 10.1. The number of likely N-dealkylation sites (tertiary alicyclic amines) is 1. The second-order valence-corrected chi connectivity index (χ2v) is 5.77. The Morgan fingerprint density at radius 1 is 1.00 bits per heavy atom. The van der Waals surface area contributed by atoms with Crippen LogP contribution in [-0.4, -0.2) is 37.1 Å². The Labute approximate surface area is 93.4 Å². The molecule has 1 N–H and O–H groups in total. The Hall–Kier alpha value is -0.0800. The fourth-order valence-electron chi connectivity index (χ4n) is 3.91. The maximum absolute atomic E-state index is 3.58. The summed E-state index contributed by atoms with van der Waals surface area (Å²) in [5, 5.41) is 3.58. The average Bonchev–Trinajstić information content (AvgIpc) is 2.87. The van der Waals surface area contributed by atoms with Crippen molar-refractivity contribution in [3.63, 3.8) is 0 Å². The molecule has 0 bridgehead atoms. The van der Waals surface area contributed by atoms with Gasteiger partial charge in [-0.15, -0.1) is 0 Å². The van der Waals surface area contributed by atoms with Gasteiger partial charge in [0, 0.05) is 19.1 Å². The molecule has 86 valence electrons. The fraction of sp³-hybridized carbons (Fsp3) is 1.00. The van der Waals surface area contributed by atoms with Gasteiger partial charge in [0.1, 0.15) is 0 Å². The van der Waals surface area contributed by atoms with Gasteiger partial charge in [-0.05, 0) is 50.6 Å². The molecular formula is C13H24N2. The lowest BCUT2D eigenvalue weighted by Gasteiger charge is -2.38. The molecule has 0 aromatic carbocycles. The molecule has 2 unspecified atom stereocenters. The van der Waals surface area contributed by atoms with E-state index in [9.17, 15) is 0 Å². The minimum absolute atomic E-state index is 0.888. The zero-order valence-corrected chi connectivity index (χ0v) is 9.75. The molecule has 2 aliphatic heterocycles. The molecule has 0 aromatic rings. The van der Waals surface area contributed by atoms with Crippen LogP contribution in [0.2, 0.25) is 0 Å². The predicted octanol–water partition coefficient (Wildman–Crippen LogP) is 1.86. The van der Waals surface area contributed by atoms with E-state index in [4.69, 9.17) is 0 Å². The minimum Gasteiger partial charge on any atom is -0.315 e. The minimum atomic E-state index is 0.888. The summed E-state index contributed by atoms with van der Waals surface area (Å²) in [5.41, 5.74) is 0. The van der Waals surface area contributed by atoms with Crippen LogP contribution in [0.3, 0.4) is 0 Å². The third-order valence-corrected chi connectivity index (χ3v) is 4.76. The number of hydrogen-bond acceptors (Lipinski definition) is 2. The number of hydrogen-bond donors (Lipinski definition) is 1. The highest BCUT2D eigenvalue weighted by atomic mass is 15.2. The predicted molar refractivity (Wildman–Crippen MR) is 62.9 cm³/mol. The Kier molecular flexibility index (Phi) is 2.98. The molecule has 15 heavy (non-hydrogen) atoms. The van der Waals surface area contributed by atoms with Crippen LogP contribution < -0.4 is 5.32 Å². The maximum atomic E-state index is 3.58. The molecule has 0 radical (unpaired) electrons. The molecule has 0 spiro atoms. The summed E-state index contributed by atoms with van der Waals surface area (Å²) in [4.78, 5) is 2.81. The Balaban J connectivity index is 1.59. The smallest absolute Gasteiger partial charge is 0.0261 e. The van der Waals surface area contributed by atoms with Crippen LogP contribution >= 0.6 is 0 Å². The van der Waals surface area contributed by atoms with Gasteiger partial charge >= 0.3 is 0 Å². The molecule has 1 saturated carbocycles. The first-order valence-electron chi connectivity index (χ1n) is 6.88. The summed E-state index contributed by atoms with van der Waals surface area (Å²) in [7, 11) is 0.